The van der Waals surface area contributed by atoms with E-state index in [-0.39, 0.29) is 6.10 Å². The molecule has 1 saturated carbocycles. The molecule has 0 aromatic heterocycles. The molecule has 0 spiro atoms. The van der Waals surface area contributed by atoms with Gasteiger partial charge < -0.3 is 10.5 Å². The first-order valence-electron chi connectivity index (χ1n) is 6.90. The van der Waals surface area contributed by atoms with Crippen molar-refractivity contribution in [1.82, 2.24) is 0 Å². The van der Waals surface area contributed by atoms with Crippen molar-refractivity contribution in [2.45, 2.75) is 50.7 Å². The van der Waals surface area contributed by atoms with Crippen LogP contribution in [0.1, 0.15) is 50.2 Å². The summed E-state index contributed by atoms with van der Waals surface area (Å²) in [5, 5.41) is 0.746. The van der Waals surface area contributed by atoms with E-state index >= 15 is 0 Å². The second-order valence-corrected chi connectivity index (χ2v) is 5.47. The van der Waals surface area contributed by atoms with Gasteiger partial charge in [-0.2, -0.15) is 0 Å². The lowest BCUT2D eigenvalue weighted by atomic mass is 10.1. The third-order valence-electron chi connectivity index (χ3n) is 3.59. The molecule has 1 fully saturated rings. The van der Waals surface area contributed by atoms with Crippen molar-refractivity contribution in [2.24, 2.45) is 5.73 Å². The minimum Gasteiger partial charge on any atom is -0.369 e. The molecule has 1 unspecified atom stereocenters. The Bertz CT molecular complexity index is 361. The fourth-order valence-electron chi connectivity index (χ4n) is 2.59. The Balaban J connectivity index is 1.99. The Hall–Kier alpha value is -0.570. The van der Waals surface area contributed by atoms with Crippen molar-refractivity contribution < 1.29 is 4.74 Å². The quantitative estimate of drug-likeness (QED) is 0.835. The molecule has 0 amide bonds. The fourth-order valence-corrected chi connectivity index (χ4v) is 2.79. The summed E-state index contributed by atoms with van der Waals surface area (Å²) in [7, 11) is 0. The van der Waals surface area contributed by atoms with Gasteiger partial charge in [0, 0.05) is 11.6 Å². The second kappa shape index (κ2) is 7.13. The molecule has 0 aliphatic heterocycles. The topological polar surface area (TPSA) is 35.2 Å². The first kappa shape index (κ1) is 13.9. The Kier molecular flexibility index (Phi) is 5.48. The SMILES string of the molecule is NCC(OC1CCCCCC1)c1cccc(Cl)c1. The number of benzene rings is 1. The molecule has 2 nitrogen and oxygen atoms in total. The standard InChI is InChI=1S/C15H22ClNO/c16-13-7-5-6-12(10-13)15(11-17)18-14-8-3-1-2-4-9-14/h5-7,10,14-15H,1-4,8-9,11,17H2. The van der Waals surface area contributed by atoms with E-state index in [4.69, 9.17) is 22.1 Å². The summed E-state index contributed by atoms with van der Waals surface area (Å²) < 4.78 is 6.18. The van der Waals surface area contributed by atoms with Crippen molar-refractivity contribution in [3.63, 3.8) is 0 Å². The van der Waals surface area contributed by atoms with Crippen LogP contribution in [0.2, 0.25) is 5.02 Å². The van der Waals surface area contributed by atoms with Crippen molar-refractivity contribution in [3.8, 4) is 0 Å². The third-order valence-corrected chi connectivity index (χ3v) is 3.83. The van der Waals surface area contributed by atoms with Gasteiger partial charge in [-0.25, -0.2) is 0 Å². The number of rotatable bonds is 4. The lowest BCUT2D eigenvalue weighted by molar-refractivity contribution is -0.0160. The van der Waals surface area contributed by atoms with E-state index in [1.807, 2.05) is 24.3 Å². The summed E-state index contributed by atoms with van der Waals surface area (Å²) in [5.41, 5.74) is 6.93. The molecule has 1 aliphatic carbocycles. The van der Waals surface area contributed by atoms with Gasteiger partial charge >= 0.3 is 0 Å². The molecule has 2 rings (SSSR count). The van der Waals surface area contributed by atoms with Crippen molar-refractivity contribution in [2.75, 3.05) is 6.54 Å². The van der Waals surface area contributed by atoms with Gasteiger partial charge in [-0.3, -0.25) is 0 Å². The maximum Gasteiger partial charge on any atom is 0.0951 e. The van der Waals surface area contributed by atoms with Crippen molar-refractivity contribution >= 4 is 11.6 Å². The van der Waals surface area contributed by atoms with Crippen LogP contribution in [0.15, 0.2) is 24.3 Å². The fraction of sp³-hybridized carbons (Fsp3) is 0.600. The molecular formula is C15H22ClNO. The van der Waals surface area contributed by atoms with Gasteiger partial charge in [0.15, 0.2) is 0 Å². The van der Waals surface area contributed by atoms with Crippen LogP contribution in [0.25, 0.3) is 0 Å². The van der Waals surface area contributed by atoms with E-state index in [1.54, 1.807) is 0 Å². The lowest BCUT2D eigenvalue weighted by Gasteiger charge is -2.23. The average molecular weight is 268 g/mol. The first-order valence-corrected chi connectivity index (χ1v) is 7.28. The number of hydrogen-bond donors (Lipinski definition) is 1. The largest absolute Gasteiger partial charge is 0.369 e. The van der Waals surface area contributed by atoms with Crippen molar-refractivity contribution in [1.29, 1.82) is 0 Å². The zero-order chi connectivity index (χ0) is 12.8. The summed E-state index contributed by atoms with van der Waals surface area (Å²) in [6.45, 7) is 0.511. The normalized spacial score (nSPS) is 19.4. The maximum absolute atomic E-state index is 6.18. The summed E-state index contributed by atoms with van der Waals surface area (Å²) >= 11 is 6.02. The van der Waals surface area contributed by atoms with Gasteiger partial charge in [-0.15, -0.1) is 0 Å². The average Bonchev–Trinajstić information content (AvgIpc) is 2.64. The maximum atomic E-state index is 6.18. The number of nitrogens with two attached hydrogens (primary N) is 1. The highest BCUT2D eigenvalue weighted by molar-refractivity contribution is 6.30. The van der Waals surface area contributed by atoms with Gasteiger partial charge in [0.2, 0.25) is 0 Å². The molecule has 100 valence electrons. The van der Waals surface area contributed by atoms with Crippen LogP contribution in [0.3, 0.4) is 0 Å². The zero-order valence-electron chi connectivity index (χ0n) is 10.8. The summed E-state index contributed by atoms with van der Waals surface area (Å²) in [4.78, 5) is 0. The molecule has 2 N–H and O–H groups in total. The monoisotopic (exact) mass is 267 g/mol. The number of ether oxygens (including phenoxy) is 1. The van der Waals surface area contributed by atoms with E-state index < -0.39 is 0 Å². The second-order valence-electron chi connectivity index (χ2n) is 5.03. The van der Waals surface area contributed by atoms with E-state index in [0.29, 0.717) is 12.6 Å². The van der Waals surface area contributed by atoms with E-state index in [0.717, 1.165) is 23.4 Å². The molecule has 1 aromatic rings. The molecule has 1 atom stereocenters. The van der Waals surface area contributed by atoms with E-state index in [2.05, 4.69) is 0 Å². The van der Waals surface area contributed by atoms with Crippen LogP contribution in [0.4, 0.5) is 0 Å². The van der Waals surface area contributed by atoms with Crippen LogP contribution in [0, 0.1) is 0 Å². The smallest absolute Gasteiger partial charge is 0.0951 e. The molecule has 18 heavy (non-hydrogen) atoms. The minimum absolute atomic E-state index is 0.0215. The zero-order valence-corrected chi connectivity index (χ0v) is 11.5. The summed E-state index contributed by atoms with van der Waals surface area (Å²) in [5.74, 6) is 0. The molecule has 3 heteroatoms. The summed E-state index contributed by atoms with van der Waals surface area (Å²) in [6.07, 6.45) is 7.89. The van der Waals surface area contributed by atoms with Gasteiger partial charge in [-0.1, -0.05) is 49.4 Å². The highest BCUT2D eigenvalue weighted by Gasteiger charge is 2.18. The Morgan fingerprint density at radius 1 is 1.22 bits per heavy atom. The van der Waals surface area contributed by atoms with Crippen molar-refractivity contribution in [3.05, 3.63) is 34.9 Å². The highest BCUT2D eigenvalue weighted by Crippen LogP contribution is 2.27. The highest BCUT2D eigenvalue weighted by atomic mass is 35.5. The molecule has 0 radical (unpaired) electrons. The van der Waals surface area contributed by atoms with Crippen LogP contribution >= 0.6 is 11.6 Å². The predicted molar refractivity (Wildman–Crippen MR) is 75.8 cm³/mol. The number of hydrogen-bond acceptors (Lipinski definition) is 2. The molecule has 0 bridgehead atoms. The first-order chi connectivity index (χ1) is 8.79. The van der Waals surface area contributed by atoms with E-state index in [1.165, 1.54) is 25.7 Å². The number of halogens is 1. The molecular weight excluding hydrogens is 246 g/mol. The molecule has 1 aromatic carbocycles. The Morgan fingerprint density at radius 2 is 1.94 bits per heavy atom. The predicted octanol–water partition coefficient (Wildman–Crippen LogP) is 4.08. The minimum atomic E-state index is -0.0215. The third kappa shape index (κ3) is 3.98. The van der Waals surface area contributed by atoms with E-state index in [9.17, 15) is 0 Å². The van der Waals surface area contributed by atoms with Gasteiger partial charge in [0.1, 0.15) is 0 Å². The van der Waals surface area contributed by atoms with Crippen LogP contribution in [-0.2, 0) is 4.74 Å². The Labute approximate surface area is 114 Å². The van der Waals surface area contributed by atoms with Crippen LogP contribution in [0.5, 0.6) is 0 Å². The summed E-state index contributed by atoms with van der Waals surface area (Å²) in [6, 6.07) is 7.83. The molecule has 0 heterocycles. The van der Waals surface area contributed by atoms with Gasteiger partial charge in [0.25, 0.3) is 0 Å². The lowest BCUT2D eigenvalue weighted by Crippen LogP contribution is -2.22. The van der Waals surface area contributed by atoms with Crippen LogP contribution < -0.4 is 5.73 Å². The van der Waals surface area contributed by atoms with Gasteiger partial charge in [0.05, 0.1) is 12.2 Å². The Morgan fingerprint density at radius 3 is 2.56 bits per heavy atom. The molecule has 1 aliphatic rings. The van der Waals surface area contributed by atoms with Gasteiger partial charge in [-0.05, 0) is 30.5 Å². The molecule has 0 saturated heterocycles. The van der Waals surface area contributed by atoms with Crippen LogP contribution in [-0.4, -0.2) is 12.6 Å².